The Morgan fingerprint density at radius 2 is 1.92 bits per heavy atom. The summed E-state index contributed by atoms with van der Waals surface area (Å²) in [5.74, 6) is -0.0703. The standard InChI is InChI=1S/C18H15N3O3/c1-23-16-8-4-5-9-17(16)24-11-15(22)12(10-19)18-20-13-6-2-3-7-14(13)21-18/h2-9,12H,11H2,1H3,(H,20,21). The average molecular weight is 321 g/mol. The number of aromatic nitrogens is 2. The average Bonchev–Trinajstić information content (AvgIpc) is 3.04. The van der Waals surface area contributed by atoms with Gasteiger partial charge in [0.25, 0.3) is 0 Å². The lowest BCUT2D eigenvalue weighted by atomic mass is 10.1. The summed E-state index contributed by atoms with van der Waals surface area (Å²) in [6, 6.07) is 16.4. The Balaban J connectivity index is 1.76. The smallest absolute Gasteiger partial charge is 0.194 e. The minimum absolute atomic E-state index is 0.240. The molecular weight excluding hydrogens is 306 g/mol. The van der Waals surface area contributed by atoms with Crippen LogP contribution in [0.25, 0.3) is 11.0 Å². The number of hydrogen-bond acceptors (Lipinski definition) is 5. The maximum absolute atomic E-state index is 12.4. The molecule has 2 aromatic carbocycles. The Labute approximate surface area is 138 Å². The van der Waals surface area contributed by atoms with Gasteiger partial charge in [-0.3, -0.25) is 4.79 Å². The van der Waals surface area contributed by atoms with Crippen LogP contribution in [0.2, 0.25) is 0 Å². The molecule has 24 heavy (non-hydrogen) atoms. The van der Waals surface area contributed by atoms with Crippen LogP contribution in [-0.2, 0) is 4.79 Å². The molecule has 1 atom stereocenters. The molecule has 0 amide bonds. The number of carbonyl (C=O) groups is 1. The number of hydrogen-bond donors (Lipinski definition) is 1. The highest BCUT2D eigenvalue weighted by Gasteiger charge is 2.24. The molecule has 1 unspecified atom stereocenters. The largest absolute Gasteiger partial charge is 0.493 e. The van der Waals surface area contributed by atoms with Gasteiger partial charge >= 0.3 is 0 Å². The molecule has 0 saturated heterocycles. The lowest BCUT2D eigenvalue weighted by Crippen LogP contribution is -2.20. The van der Waals surface area contributed by atoms with Crippen LogP contribution in [0.5, 0.6) is 11.5 Å². The number of ether oxygens (including phenoxy) is 2. The molecule has 3 aromatic rings. The Morgan fingerprint density at radius 1 is 1.21 bits per heavy atom. The van der Waals surface area contributed by atoms with Crippen LogP contribution in [-0.4, -0.2) is 29.5 Å². The predicted octanol–water partition coefficient (Wildman–Crippen LogP) is 2.83. The quantitative estimate of drug-likeness (QED) is 0.754. The number of rotatable bonds is 6. The van der Waals surface area contributed by atoms with Crippen molar-refractivity contribution in [1.82, 2.24) is 9.97 Å². The second-order valence-electron chi connectivity index (χ2n) is 5.11. The number of ketones is 1. The van der Waals surface area contributed by atoms with Crippen molar-refractivity contribution < 1.29 is 14.3 Å². The van der Waals surface area contributed by atoms with E-state index in [9.17, 15) is 10.1 Å². The van der Waals surface area contributed by atoms with Gasteiger partial charge in [-0.2, -0.15) is 5.26 Å². The highest BCUT2D eigenvalue weighted by Crippen LogP contribution is 2.26. The number of benzene rings is 2. The molecule has 0 aliphatic carbocycles. The fraction of sp³-hybridized carbons (Fsp3) is 0.167. The second kappa shape index (κ2) is 6.84. The first kappa shape index (κ1) is 15.6. The van der Waals surface area contributed by atoms with Gasteiger partial charge < -0.3 is 14.5 Å². The third kappa shape index (κ3) is 3.06. The number of nitrogens with one attached hydrogen (secondary N) is 1. The van der Waals surface area contributed by atoms with Gasteiger partial charge in [0, 0.05) is 0 Å². The number of aromatic amines is 1. The van der Waals surface area contributed by atoms with E-state index in [1.165, 1.54) is 7.11 Å². The van der Waals surface area contributed by atoms with E-state index in [1.54, 1.807) is 24.3 Å². The van der Waals surface area contributed by atoms with E-state index in [2.05, 4.69) is 9.97 Å². The number of nitriles is 1. The fourth-order valence-electron chi connectivity index (χ4n) is 2.37. The molecule has 0 aliphatic rings. The molecule has 6 nitrogen and oxygen atoms in total. The third-order valence-corrected chi connectivity index (χ3v) is 3.57. The van der Waals surface area contributed by atoms with Crippen LogP contribution in [0.15, 0.2) is 48.5 Å². The third-order valence-electron chi connectivity index (χ3n) is 3.57. The molecule has 6 heteroatoms. The number of carbonyl (C=O) groups excluding carboxylic acids is 1. The summed E-state index contributed by atoms with van der Waals surface area (Å²) < 4.78 is 10.7. The monoisotopic (exact) mass is 321 g/mol. The molecule has 1 heterocycles. The molecular formula is C18H15N3O3. The van der Waals surface area contributed by atoms with Gasteiger partial charge in [-0.15, -0.1) is 0 Å². The molecule has 1 aromatic heterocycles. The van der Waals surface area contributed by atoms with Crippen LogP contribution in [0.1, 0.15) is 11.7 Å². The lowest BCUT2D eigenvalue weighted by Gasteiger charge is -2.10. The maximum atomic E-state index is 12.4. The van der Waals surface area contributed by atoms with Crippen LogP contribution in [0, 0.1) is 11.3 Å². The summed E-state index contributed by atoms with van der Waals surface area (Å²) in [5, 5.41) is 9.36. The highest BCUT2D eigenvalue weighted by molar-refractivity contribution is 5.90. The zero-order chi connectivity index (χ0) is 16.9. The van der Waals surface area contributed by atoms with Crippen molar-refractivity contribution >= 4 is 16.8 Å². The Hall–Kier alpha value is -3.33. The first-order valence-corrected chi connectivity index (χ1v) is 7.35. The highest BCUT2D eigenvalue weighted by atomic mass is 16.5. The summed E-state index contributed by atoms with van der Waals surface area (Å²) in [7, 11) is 1.52. The zero-order valence-corrected chi connectivity index (χ0v) is 13.0. The van der Waals surface area contributed by atoms with Gasteiger partial charge in [0.2, 0.25) is 0 Å². The van der Waals surface area contributed by atoms with E-state index in [-0.39, 0.29) is 12.4 Å². The van der Waals surface area contributed by atoms with Crippen molar-refractivity contribution in [3.05, 3.63) is 54.4 Å². The maximum Gasteiger partial charge on any atom is 0.194 e. The molecule has 3 rings (SSSR count). The summed E-state index contributed by atoms with van der Waals surface area (Å²) in [4.78, 5) is 19.7. The van der Waals surface area contributed by atoms with Crippen LogP contribution in [0.3, 0.4) is 0 Å². The lowest BCUT2D eigenvalue weighted by molar-refractivity contribution is -0.121. The van der Waals surface area contributed by atoms with Crippen LogP contribution in [0.4, 0.5) is 0 Å². The van der Waals surface area contributed by atoms with Crippen molar-refractivity contribution in [2.75, 3.05) is 13.7 Å². The first-order chi connectivity index (χ1) is 11.7. The van der Waals surface area contributed by atoms with Crippen molar-refractivity contribution in [2.45, 2.75) is 5.92 Å². The van der Waals surface area contributed by atoms with E-state index < -0.39 is 5.92 Å². The molecule has 0 aliphatic heterocycles. The van der Waals surface area contributed by atoms with E-state index in [0.29, 0.717) is 22.8 Å². The number of nitrogens with zero attached hydrogens (tertiary/aromatic N) is 2. The number of para-hydroxylation sites is 4. The Morgan fingerprint density at radius 3 is 2.62 bits per heavy atom. The van der Waals surface area contributed by atoms with E-state index in [0.717, 1.165) is 5.52 Å². The summed E-state index contributed by atoms with van der Waals surface area (Å²) in [6.45, 7) is -0.240. The van der Waals surface area contributed by atoms with E-state index >= 15 is 0 Å². The Bertz CT molecular complexity index is 878. The zero-order valence-electron chi connectivity index (χ0n) is 13.0. The van der Waals surface area contributed by atoms with Crippen molar-refractivity contribution in [2.24, 2.45) is 0 Å². The van der Waals surface area contributed by atoms with E-state index in [1.807, 2.05) is 30.3 Å². The minimum Gasteiger partial charge on any atom is -0.493 e. The second-order valence-corrected chi connectivity index (χ2v) is 5.11. The van der Waals surface area contributed by atoms with Gasteiger partial charge in [0.15, 0.2) is 23.2 Å². The number of H-pyrrole nitrogens is 1. The number of fused-ring (bicyclic) bond motifs is 1. The normalized spacial score (nSPS) is 11.7. The van der Waals surface area contributed by atoms with Gasteiger partial charge in [-0.25, -0.2) is 4.98 Å². The Kier molecular flexibility index (Phi) is 4.43. The molecule has 120 valence electrons. The minimum atomic E-state index is -1.01. The van der Waals surface area contributed by atoms with E-state index in [4.69, 9.17) is 9.47 Å². The van der Waals surface area contributed by atoms with Gasteiger partial charge in [0.1, 0.15) is 12.4 Å². The molecule has 0 bridgehead atoms. The van der Waals surface area contributed by atoms with Crippen molar-refractivity contribution in [3.8, 4) is 17.6 Å². The fourth-order valence-corrected chi connectivity index (χ4v) is 2.37. The SMILES string of the molecule is COc1ccccc1OCC(=O)C(C#N)c1nc2ccccc2[nH]1. The molecule has 0 spiro atoms. The molecule has 0 fully saturated rings. The molecule has 1 N–H and O–H groups in total. The van der Waals surface area contributed by atoms with Crippen LogP contribution < -0.4 is 9.47 Å². The number of methoxy groups -OCH3 is 1. The van der Waals surface area contributed by atoms with Gasteiger partial charge in [0.05, 0.1) is 24.2 Å². The number of imidazole rings is 1. The van der Waals surface area contributed by atoms with Gasteiger partial charge in [-0.05, 0) is 24.3 Å². The summed E-state index contributed by atoms with van der Waals surface area (Å²) >= 11 is 0. The van der Waals surface area contributed by atoms with Crippen molar-refractivity contribution in [1.29, 1.82) is 5.26 Å². The van der Waals surface area contributed by atoms with Crippen molar-refractivity contribution in [3.63, 3.8) is 0 Å². The molecule has 0 saturated carbocycles. The predicted molar refractivity (Wildman–Crippen MR) is 87.9 cm³/mol. The van der Waals surface area contributed by atoms with Crippen LogP contribution >= 0.6 is 0 Å². The summed E-state index contributed by atoms with van der Waals surface area (Å²) in [6.07, 6.45) is 0. The van der Waals surface area contributed by atoms with Gasteiger partial charge in [-0.1, -0.05) is 24.3 Å². The number of Topliss-reactive ketones (excluding diaryl/α,β-unsaturated/α-hetero) is 1. The summed E-state index contributed by atoms with van der Waals surface area (Å²) in [5.41, 5.74) is 1.50. The first-order valence-electron chi connectivity index (χ1n) is 7.35. The topological polar surface area (TPSA) is 88.0 Å². The molecule has 0 radical (unpaired) electrons.